The second-order valence-corrected chi connectivity index (χ2v) is 7.43. The van der Waals surface area contributed by atoms with Crippen molar-refractivity contribution >= 4 is 27.6 Å². The quantitative estimate of drug-likeness (QED) is 0.752. The van der Waals surface area contributed by atoms with Crippen LogP contribution >= 0.6 is 0 Å². The number of hydrogen-bond donors (Lipinski definition) is 2. The Kier molecular flexibility index (Phi) is 6.12. The van der Waals surface area contributed by atoms with Gasteiger partial charge in [0.25, 0.3) is 0 Å². The summed E-state index contributed by atoms with van der Waals surface area (Å²) in [4.78, 5) is 23.7. The second kappa shape index (κ2) is 8.11. The molecule has 0 saturated carbocycles. The van der Waals surface area contributed by atoms with Crippen LogP contribution < -0.4 is 10.0 Å². The number of methoxy groups -OCH3 is 1. The molecule has 0 aliphatic rings. The van der Waals surface area contributed by atoms with Crippen LogP contribution in [0.1, 0.15) is 22.8 Å². The zero-order chi connectivity index (χ0) is 19.3. The summed E-state index contributed by atoms with van der Waals surface area (Å²) in [5.74, 6) is -1.01. The average molecular weight is 376 g/mol. The minimum Gasteiger partial charge on any atom is -0.465 e. The first kappa shape index (κ1) is 19.6. The van der Waals surface area contributed by atoms with Crippen LogP contribution in [0.2, 0.25) is 0 Å². The van der Waals surface area contributed by atoms with E-state index in [-0.39, 0.29) is 4.90 Å². The number of carbonyl (C=O) groups excluding carboxylic acids is 2. The molecule has 0 heterocycles. The van der Waals surface area contributed by atoms with Crippen molar-refractivity contribution in [1.29, 1.82) is 0 Å². The fourth-order valence-electron chi connectivity index (χ4n) is 2.13. The number of hydrogen-bond acceptors (Lipinski definition) is 5. The third kappa shape index (κ3) is 4.90. The number of benzene rings is 2. The summed E-state index contributed by atoms with van der Waals surface area (Å²) in [7, 11) is -2.53. The number of amides is 1. The topological polar surface area (TPSA) is 102 Å². The molecule has 0 bridgehead atoms. The summed E-state index contributed by atoms with van der Waals surface area (Å²) < 4.78 is 31.6. The van der Waals surface area contributed by atoms with Crippen molar-refractivity contribution in [2.75, 3.05) is 12.4 Å². The van der Waals surface area contributed by atoms with Crippen LogP contribution in [0.5, 0.6) is 0 Å². The van der Waals surface area contributed by atoms with E-state index in [2.05, 4.69) is 14.8 Å². The van der Waals surface area contributed by atoms with Crippen molar-refractivity contribution in [2.24, 2.45) is 0 Å². The van der Waals surface area contributed by atoms with Crippen LogP contribution in [0.4, 0.5) is 5.69 Å². The van der Waals surface area contributed by atoms with Gasteiger partial charge < -0.3 is 10.1 Å². The minimum atomic E-state index is -3.81. The molecule has 0 radical (unpaired) electrons. The van der Waals surface area contributed by atoms with Gasteiger partial charge in [-0.15, -0.1) is 0 Å². The van der Waals surface area contributed by atoms with Crippen LogP contribution in [0.15, 0.2) is 53.4 Å². The van der Waals surface area contributed by atoms with Gasteiger partial charge in [0.05, 0.1) is 23.6 Å². The first-order valence-corrected chi connectivity index (χ1v) is 9.29. The summed E-state index contributed by atoms with van der Waals surface area (Å²) >= 11 is 0. The number of esters is 1. The van der Waals surface area contributed by atoms with E-state index in [4.69, 9.17) is 0 Å². The zero-order valence-electron chi connectivity index (χ0n) is 14.6. The molecule has 2 rings (SSSR count). The third-order valence-electron chi connectivity index (χ3n) is 3.63. The molecule has 0 aliphatic heterocycles. The molecule has 7 nitrogen and oxygen atoms in total. The Morgan fingerprint density at radius 3 is 2.12 bits per heavy atom. The number of carbonyl (C=O) groups is 2. The smallest absolute Gasteiger partial charge is 0.337 e. The van der Waals surface area contributed by atoms with Crippen molar-refractivity contribution in [3.8, 4) is 0 Å². The maximum absolute atomic E-state index is 12.3. The predicted octanol–water partition coefficient (Wildman–Crippen LogP) is 2.09. The van der Waals surface area contributed by atoms with Gasteiger partial charge >= 0.3 is 5.97 Å². The highest BCUT2D eigenvalue weighted by Crippen LogP contribution is 2.13. The number of anilines is 1. The highest BCUT2D eigenvalue weighted by molar-refractivity contribution is 7.89. The van der Waals surface area contributed by atoms with E-state index in [0.29, 0.717) is 11.3 Å². The highest BCUT2D eigenvalue weighted by Gasteiger charge is 2.22. The first-order valence-electron chi connectivity index (χ1n) is 7.81. The molecule has 2 N–H and O–H groups in total. The van der Waals surface area contributed by atoms with Gasteiger partial charge in [-0.05, 0) is 50.2 Å². The maximum Gasteiger partial charge on any atom is 0.337 e. The van der Waals surface area contributed by atoms with Gasteiger partial charge in [-0.1, -0.05) is 17.7 Å². The maximum atomic E-state index is 12.3. The monoisotopic (exact) mass is 376 g/mol. The molecule has 0 saturated heterocycles. The fraction of sp³-hybridized carbons (Fsp3) is 0.222. The molecule has 0 fully saturated rings. The van der Waals surface area contributed by atoms with E-state index in [9.17, 15) is 18.0 Å². The second-order valence-electron chi connectivity index (χ2n) is 5.71. The van der Waals surface area contributed by atoms with E-state index < -0.39 is 27.9 Å². The third-order valence-corrected chi connectivity index (χ3v) is 5.19. The average Bonchev–Trinajstić information content (AvgIpc) is 2.61. The summed E-state index contributed by atoms with van der Waals surface area (Å²) in [6.45, 7) is 3.30. The van der Waals surface area contributed by atoms with Crippen molar-refractivity contribution in [2.45, 2.75) is 24.8 Å². The SMILES string of the molecule is COC(=O)c1ccc(NC(=O)[C@H](C)NS(=O)(=O)c2ccc(C)cc2)cc1. The van der Waals surface area contributed by atoms with E-state index in [1.54, 1.807) is 12.1 Å². The van der Waals surface area contributed by atoms with E-state index in [1.807, 2.05) is 6.92 Å². The number of sulfonamides is 1. The Morgan fingerprint density at radius 1 is 1.00 bits per heavy atom. The Labute approximate surface area is 152 Å². The van der Waals surface area contributed by atoms with E-state index >= 15 is 0 Å². The molecule has 0 aliphatic carbocycles. The number of rotatable bonds is 6. The van der Waals surface area contributed by atoms with E-state index in [0.717, 1.165) is 5.56 Å². The van der Waals surface area contributed by atoms with Gasteiger partial charge in [0.15, 0.2) is 0 Å². The lowest BCUT2D eigenvalue weighted by Gasteiger charge is -2.15. The highest BCUT2D eigenvalue weighted by atomic mass is 32.2. The summed E-state index contributed by atoms with van der Waals surface area (Å²) in [5, 5.41) is 2.59. The predicted molar refractivity (Wildman–Crippen MR) is 97.4 cm³/mol. The van der Waals surface area contributed by atoms with Crippen LogP contribution in [-0.4, -0.2) is 33.4 Å². The molecule has 26 heavy (non-hydrogen) atoms. The van der Waals surface area contributed by atoms with Gasteiger partial charge in [-0.2, -0.15) is 4.72 Å². The van der Waals surface area contributed by atoms with Gasteiger partial charge in [-0.25, -0.2) is 13.2 Å². The molecule has 2 aromatic carbocycles. The van der Waals surface area contributed by atoms with Crippen LogP contribution in [0, 0.1) is 6.92 Å². The van der Waals surface area contributed by atoms with Crippen molar-refractivity contribution in [3.63, 3.8) is 0 Å². The lowest BCUT2D eigenvalue weighted by molar-refractivity contribution is -0.117. The van der Waals surface area contributed by atoms with Crippen molar-refractivity contribution in [1.82, 2.24) is 4.72 Å². The molecular weight excluding hydrogens is 356 g/mol. The van der Waals surface area contributed by atoms with Gasteiger partial charge in [-0.3, -0.25) is 4.79 Å². The minimum absolute atomic E-state index is 0.0881. The van der Waals surface area contributed by atoms with Gasteiger partial charge in [0, 0.05) is 5.69 Å². The number of aryl methyl sites for hydroxylation is 1. The summed E-state index contributed by atoms with van der Waals surface area (Å²) in [6.07, 6.45) is 0. The first-order chi connectivity index (χ1) is 12.2. The zero-order valence-corrected chi connectivity index (χ0v) is 15.5. The lowest BCUT2D eigenvalue weighted by Crippen LogP contribution is -2.41. The molecule has 0 spiro atoms. The molecule has 138 valence electrons. The van der Waals surface area contributed by atoms with Gasteiger partial charge in [0.1, 0.15) is 0 Å². The number of ether oxygens (including phenoxy) is 1. The van der Waals surface area contributed by atoms with Crippen LogP contribution in [0.25, 0.3) is 0 Å². The normalized spacial score (nSPS) is 12.3. The molecule has 2 aromatic rings. The number of nitrogens with one attached hydrogen (secondary N) is 2. The van der Waals surface area contributed by atoms with Gasteiger partial charge in [0.2, 0.25) is 15.9 Å². The largest absolute Gasteiger partial charge is 0.465 e. The molecule has 0 aromatic heterocycles. The molecule has 1 amide bonds. The van der Waals surface area contributed by atoms with Crippen molar-refractivity contribution < 1.29 is 22.7 Å². The van der Waals surface area contributed by atoms with Crippen molar-refractivity contribution in [3.05, 3.63) is 59.7 Å². The Balaban J connectivity index is 2.03. The Bertz CT molecular complexity index is 890. The summed E-state index contributed by atoms with van der Waals surface area (Å²) in [6, 6.07) is 11.4. The van der Waals surface area contributed by atoms with E-state index in [1.165, 1.54) is 50.4 Å². The molecule has 1 atom stereocenters. The lowest BCUT2D eigenvalue weighted by atomic mass is 10.2. The molecular formula is C18H20N2O5S. The Hall–Kier alpha value is -2.71. The summed E-state index contributed by atoms with van der Waals surface area (Å²) in [5.41, 5.74) is 1.72. The fourth-order valence-corrected chi connectivity index (χ4v) is 3.33. The van der Waals surface area contributed by atoms with Crippen LogP contribution in [0.3, 0.4) is 0 Å². The van der Waals surface area contributed by atoms with Crippen LogP contribution in [-0.2, 0) is 19.6 Å². The molecule has 8 heteroatoms. The molecule has 0 unspecified atom stereocenters. The Morgan fingerprint density at radius 2 is 1.58 bits per heavy atom. The standard InChI is InChI=1S/C18H20N2O5S/c1-12-4-10-16(11-5-12)26(23,24)20-13(2)17(21)19-15-8-6-14(7-9-15)18(22)25-3/h4-11,13,20H,1-3H3,(H,19,21)/t13-/m0/s1.